The maximum absolute atomic E-state index is 3.49. The minimum absolute atomic E-state index is 0. The number of halogens is 1. The normalized spacial score (nSPS) is 9.94. The van der Waals surface area contributed by atoms with Crippen LogP contribution in [0.5, 0.6) is 0 Å². The molecular formula is C14H17ClNS-. The number of benzene rings is 1. The largest absolute Gasteiger partial charge is 1.00 e. The van der Waals surface area contributed by atoms with Gasteiger partial charge >= 0.3 is 0 Å². The summed E-state index contributed by atoms with van der Waals surface area (Å²) < 4.78 is 0. The molecule has 1 N–H and O–H groups in total. The zero-order valence-electron chi connectivity index (χ0n) is 9.95. The summed E-state index contributed by atoms with van der Waals surface area (Å²) in [5.41, 5.74) is 2.80. The van der Waals surface area contributed by atoms with E-state index in [1.807, 2.05) is 11.3 Å². The molecule has 2 rings (SSSR count). The lowest BCUT2D eigenvalue weighted by atomic mass is 10.1. The summed E-state index contributed by atoms with van der Waals surface area (Å²) in [7, 11) is 0. The van der Waals surface area contributed by atoms with Gasteiger partial charge in [0.25, 0.3) is 0 Å². The second-order valence-electron chi connectivity index (χ2n) is 3.94. The van der Waals surface area contributed by atoms with Gasteiger partial charge in [-0.1, -0.05) is 30.3 Å². The van der Waals surface area contributed by atoms with E-state index in [4.69, 9.17) is 0 Å². The van der Waals surface area contributed by atoms with E-state index in [-0.39, 0.29) is 12.4 Å². The maximum Gasteiger partial charge on any atom is 0.0302 e. The van der Waals surface area contributed by atoms with Crippen LogP contribution in [0.25, 0.3) is 0 Å². The van der Waals surface area contributed by atoms with Gasteiger partial charge in [-0.15, -0.1) is 11.3 Å². The van der Waals surface area contributed by atoms with Gasteiger partial charge < -0.3 is 17.7 Å². The van der Waals surface area contributed by atoms with Crippen molar-refractivity contribution >= 4 is 11.3 Å². The van der Waals surface area contributed by atoms with Crippen LogP contribution in [0.15, 0.2) is 41.8 Å². The average molecular weight is 267 g/mol. The second kappa shape index (κ2) is 7.49. The zero-order chi connectivity index (χ0) is 11.2. The quantitative estimate of drug-likeness (QED) is 0.773. The third-order valence-corrected chi connectivity index (χ3v) is 3.71. The second-order valence-corrected chi connectivity index (χ2v) is 4.94. The molecule has 0 saturated carbocycles. The van der Waals surface area contributed by atoms with E-state index in [0.29, 0.717) is 0 Å². The van der Waals surface area contributed by atoms with Crippen molar-refractivity contribution in [3.05, 3.63) is 57.8 Å². The maximum atomic E-state index is 3.49. The minimum Gasteiger partial charge on any atom is -1.00 e. The van der Waals surface area contributed by atoms with Crippen LogP contribution in [0, 0.1) is 6.92 Å². The predicted molar refractivity (Wildman–Crippen MR) is 70.9 cm³/mol. The van der Waals surface area contributed by atoms with Gasteiger partial charge in [0.2, 0.25) is 0 Å². The molecule has 0 saturated heterocycles. The van der Waals surface area contributed by atoms with E-state index in [0.717, 1.165) is 19.5 Å². The molecule has 0 radical (unpaired) electrons. The predicted octanol–water partition coefficient (Wildman–Crippen LogP) is 0.393. The highest BCUT2D eigenvalue weighted by atomic mass is 35.5. The van der Waals surface area contributed by atoms with E-state index in [1.165, 1.54) is 16.0 Å². The van der Waals surface area contributed by atoms with Crippen molar-refractivity contribution < 1.29 is 12.4 Å². The molecule has 3 heteroatoms. The Labute approximate surface area is 113 Å². The Morgan fingerprint density at radius 1 is 1.12 bits per heavy atom. The number of aryl methyl sites for hydroxylation is 1. The van der Waals surface area contributed by atoms with Gasteiger partial charge in [-0.25, -0.2) is 0 Å². The van der Waals surface area contributed by atoms with Crippen LogP contribution >= 0.6 is 11.3 Å². The lowest BCUT2D eigenvalue weighted by Crippen LogP contribution is -3.00. The SMILES string of the molecule is Cc1ccsc1CNCCc1ccccc1.[Cl-]. The van der Waals surface area contributed by atoms with Crippen molar-refractivity contribution in [3.63, 3.8) is 0 Å². The topological polar surface area (TPSA) is 12.0 Å². The number of rotatable bonds is 5. The Morgan fingerprint density at radius 2 is 1.88 bits per heavy atom. The fourth-order valence-corrected chi connectivity index (χ4v) is 2.54. The molecule has 0 unspecified atom stereocenters. The summed E-state index contributed by atoms with van der Waals surface area (Å²) in [5, 5.41) is 5.64. The summed E-state index contributed by atoms with van der Waals surface area (Å²) in [6, 6.07) is 12.8. The molecule has 0 atom stereocenters. The molecule has 17 heavy (non-hydrogen) atoms. The van der Waals surface area contributed by atoms with Crippen LogP contribution in [0.2, 0.25) is 0 Å². The Hall–Kier alpha value is -0.830. The molecule has 0 amide bonds. The Balaban J connectivity index is 0.00000144. The highest BCUT2D eigenvalue weighted by Gasteiger charge is 1.98. The van der Waals surface area contributed by atoms with Crippen LogP contribution in [0.4, 0.5) is 0 Å². The van der Waals surface area contributed by atoms with E-state index in [1.54, 1.807) is 0 Å². The Morgan fingerprint density at radius 3 is 2.53 bits per heavy atom. The Kier molecular flexibility index (Phi) is 6.27. The van der Waals surface area contributed by atoms with E-state index >= 15 is 0 Å². The fraction of sp³-hybridized carbons (Fsp3) is 0.286. The van der Waals surface area contributed by atoms with Gasteiger partial charge in [0.1, 0.15) is 0 Å². The lowest BCUT2D eigenvalue weighted by Gasteiger charge is -2.04. The minimum atomic E-state index is 0. The smallest absolute Gasteiger partial charge is 0.0302 e. The van der Waals surface area contributed by atoms with Crippen LogP contribution in [0.3, 0.4) is 0 Å². The highest BCUT2D eigenvalue weighted by Crippen LogP contribution is 2.14. The third-order valence-electron chi connectivity index (χ3n) is 2.69. The number of thiophene rings is 1. The van der Waals surface area contributed by atoms with E-state index in [2.05, 4.69) is 54.0 Å². The lowest BCUT2D eigenvalue weighted by molar-refractivity contribution is -0.00000327. The standard InChI is InChI=1S/C14H17NS.ClH/c1-12-8-10-16-14(12)11-15-9-7-13-5-3-2-4-6-13;/h2-6,8,10,15H,7,9,11H2,1H3;1H/p-1. The summed E-state index contributed by atoms with van der Waals surface area (Å²) in [5.74, 6) is 0. The van der Waals surface area contributed by atoms with Gasteiger partial charge in [0, 0.05) is 11.4 Å². The summed E-state index contributed by atoms with van der Waals surface area (Å²) in [6.07, 6.45) is 1.10. The summed E-state index contributed by atoms with van der Waals surface area (Å²) in [4.78, 5) is 1.45. The number of nitrogens with one attached hydrogen (secondary N) is 1. The van der Waals surface area contributed by atoms with E-state index < -0.39 is 0 Å². The van der Waals surface area contributed by atoms with Crippen molar-refractivity contribution in [2.75, 3.05) is 6.54 Å². The molecule has 0 aliphatic carbocycles. The van der Waals surface area contributed by atoms with Crippen molar-refractivity contribution in [1.29, 1.82) is 0 Å². The van der Waals surface area contributed by atoms with Gasteiger partial charge in [-0.05, 0) is 42.5 Å². The average Bonchev–Trinajstić information content (AvgIpc) is 2.72. The number of hydrogen-bond donors (Lipinski definition) is 1. The molecule has 0 fully saturated rings. The first kappa shape index (κ1) is 14.2. The van der Waals surface area contributed by atoms with Crippen molar-refractivity contribution in [2.24, 2.45) is 0 Å². The first-order chi connectivity index (χ1) is 7.86. The van der Waals surface area contributed by atoms with Gasteiger partial charge in [0.05, 0.1) is 0 Å². The molecule has 0 aliphatic rings. The molecule has 1 nitrogen and oxygen atoms in total. The molecule has 0 aliphatic heterocycles. The molecule has 92 valence electrons. The van der Waals surface area contributed by atoms with Gasteiger partial charge in [0.15, 0.2) is 0 Å². The highest BCUT2D eigenvalue weighted by molar-refractivity contribution is 7.10. The van der Waals surface area contributed by atoms with E-state index in [9.17, 15) is 0 Å². The molecule has 1 heterocycles. The van der Waals surface area contributed by atoms with Crippen molar-refractivity contribution in [3.8, 4) is 0 Å². The van der Waals surface area contributed by atoms with Crippen LogP contribution < -0.4 is 17.7 Å². The van der Waals surface area contributed by atoms with Crippen LogP contribution in [-0.4, -0.2) is 6.54 Å². The van der Waals surface area contributed by atoms with Crippen molar-refractivity contribution in [2.45, 2.75) is 19.9 Å². The molecular weight excluding hydrogens is 250 g/mol. The fourth-order valence-electron chi connectivity index (χ4n) is 1.66. The molecule has 1 aromatic heterocycles. The summed E-state index contributed by atoms with van der Waals surface area (Å²) in [6.45, 7) is 4.21. The Bertz CT molecular complexity index is 425. The molecule has 0 bridgehead atoms. The third kappa shape index (κ3) is 4.50. The summed E-state index contributed by atoms with van der Waals surface area (Å²) >= 11 is 1.83. The number of hydrogen-bond acceptors (Lipinski definition) is 2. The molecule has 0 spiro atoms. The van der Waals surface area contributed by atoms with Gasteiger partial charge in [-0.2, -0.15) is 0 Å². The molecule has 1 aromatic carbocycles. The molecule has 2 aromatic rings. The first-order valence-corrected chi connectivity index (χ1v) is 6.52. The zero-order valence-corrected chi connectivity index (χ0v) is 11.5. The monoisotopic (exact) mass is 266 g/mol. The first-order valence-electron chi connectivity index (χ1n) is 5.64. The van der Waals surface area contributed by atoms with Crippen molar-refractivity contribution in [1.82, 2.24) is 5.32 Å². The van der Waals surface area contributed by atoms with Gasteiger partial charge in [-0.3, -0.25) is 0 Å². The van der Waals surface area contributed by atoms with Crippen LogP contribution in [0.1, 0.15) is 16.0 Å². The van der Waals surface area contributed by atoms with Crippen LogP contribution in [-0.2, 0) is 13.0 Å².